The van der Waals surface area contributed by atoms with E-state index in [2.05, 4.69) is 13.8 Å². The summed E-state index contributed by atoms with van der Waals surface area (Å²) in [7, 11) is -4.86. The number of nitro benzene ring substituents is 1. The van der Waals surface area contributed by atoms with Crippen LogP contribution in [0.15, 0.2) is 23.1 Å². The third kappa shape index (κ3) is 3.66. The number of nitro groups is 1. The monoisotopic (exact) mass is 362 g/mol. The van der Waals surface area contributed by atoms with Gasteiger partial charge in [0.05, 0.1) is 9.82 Å². The van der Waals surface area contributed by atoms with Crippen molar-refractivity contribution in [2.75, 3.05) is 11.4 Å². The van der Waals surface area contributed by atoms with Crippen molar-refractivity contribution >= 4 is 21.2 Å². The Morgan fingerprint density at radius 1 is 1.38 bits per heavy atom. The van der Waals surface area contributed by atoms with E-state index in [0.717, 1.165) is 31.4 Å². The molecule has 0 radical (unpaired) electrons. The molecule has 0 aliphatic carbocycles. The standard InChI is InChI=1S/C15H20F2N2O4S/c1-10(2)8-11-4-3-7-18(11)13-6-5-12(9-14(13)19(20)21)24(22,23)15(16)17/h5-6,9-11,15H,3-4,7-8H2,1-2H3. The number of nitrogens with zero attached hydrogens (tertiary/aromatic N) is 2. The molecule has 0 saturated carbocycles. The first-order valence-corrected chi connectivity index (χ1v) is 9.26. The van der Waals surface area contributed by atoms with Crippen LogP contribution in [0.4, 0.5) is 20.2 Å². The number of hydrogen-bond donors (Lipinski definition) is 0. The van der Waals surface area contributed by atoms with Gasteiger partial charge in [-0.2, -0.15) is 8.78 Å². The zero-order chi connectivity index (χ0) is 18.1. The molecular weight excluding hydrogens is 342 g/mol. The van der Waals surface area contributed by atoms with Gasteiger partial charge in [-0.25, -0.2) is 8.42 Å². The van der Waals surface area contributed by atoms with Crippen molar-refractivity contribution in [3.8, 4) is 0 Å². The van der Waals surface area contributed by atoms with Gasteiger partial charge in [0, 0.05) is 18.7 Å². The van der Waals surface area contributed by atoms with E-state index in [1.807, 2.05) is 4.90 Å². The second-order valence-electron chi connectivity index (χ2n) is 6.33. The predicted molar refractivity (Wildman–Crippen MR) is 86.1 cm³/mol. The lowest BCUT2D eigenvalue weighted by molar-refractivity contribution is -0.384. The van der Waals surface area contributed by atoms with Crippen LogP contribution in [-0.2, 0) is 9.84 Å². The summed E-state index contributed by atoms with van der Waals surface area (Å²) in [5.74, 6) is -3.20. The van der Waals surface area contributed by atoms with Crippen molar-refractivity contribution in [3.63, 3.8) is 0 Å². The molecule has 0 aromatic heterocycles. The second-order valence-corrected chi connectivity index (χ2v) is 8.25. The van der Waals surface area contributed by atoms with Crippen LogP contribution in [0.25, 0.3) is 0 Å². The molecule has 6 nitrogen and oxygen atoms in total. The van der Waals surface area contributed by atoms with Crippen molar-refractivity contribution < 1.29 is 22.1 Å². The first-order valence-electron chi connectivity index (χ1n) is 7.71. The Morgan fingerprint density at radius 3 is 2.58 bits per heavy atom. The first kappa shape index (κ1) is 18.6. The summed E-state index contributed by atoms with van der Waals surface area (Å²) in [4.78, 5) is 11.8. The van der Waals surface area contributed by atoms with Crippen LogP contribution in [0.3, 0.4) is 0 Å². The minimum absolute atomic E-state index is 0.126. The molecule has 9 heteroatoms. The molecule has 0 N–H and O–H groups in total. The number of anilines is 1. The van der Waals surface area contributed by atoms with Crippen LogP contribution in [0.1, 0.15) is 33.1 Å². The summed E-state index contributed by atoms with van der Waals surface area (Å²) in [6.07, 6.45) is 2.63. The molecule has 1 aromatic carbocycles. The number of halogens is 2. The highest BCUT2D eigenvalue weighted by atomic mass is 32.2. The molecule has 1 fully saturated rings. The number of rotatable bonds is 6. The molecule has 1 saturated heterocycles. The molecule has 1 aliphatic heterocycles. The smallest absolute Gasteiger partial charge is 0.341 e. The molecule has 24 heavy (non-hydrogen) atoms. The Bertz CT molecular complexity index is 722. The molecule has 134 valence electrons. The number of hydrogen-bond acceptors (Lipinski definition) is 5. The lowest BCUT2D eigenvalue weighted by Gasteiger charge is -2.28. The number of alkyl halides is 2. The molecule has 2 rings (SSSR count). The van der Waals surface area contributed by atoms with Gasteiger partial charge >= 0.3 is 5.76 Å². The predicted octanol–water partition coefficient (Wildman–Crippen LogP) is 3.61. The fourth-order valence-corrected chi connectivity index (χ4v) is 3.85. The van der Waals surface area contributed by atoms with E-state index in [0.29, 0.717) is 12.5 Å². The second kappa shape index (κ2) is 7.00. The van der Waals surface area contributed by atoms with Gasteiger partial charge in [-0.3, -0.25) is 10.1 Å². The summed E-state index contributed by atoms with van der Waals surface area (Å²) < 4.78 is 48.5. The fourth-order valence-electron chi connectivity index (χ4n) is 3.11. The van der Waals surface area contributed by atoms with Crippen molar-refractivity contribution in [1.82, 2.24) is 0 Å². The van der Waals surface area contributed by atoms with Gasteiger partial charge in [-0.15, -0.1) is 0 Å². The molecule has 1 unspecified atom stereocenters. The van der Waals surface area contributed by atoms with Crippen molar-refractivity contribution in [3.05, 3.63) is 28.3 Å². The highest BCUT2D eigenvalue weighted by Crippen LogP contribution is 2.37. The highest BCUT2D eigenvalue weighted by Gasteiger charge is 2.33. The third-order valence-electron chi connectivity index (χ3n) is 4.14. The summed E-state index contributed by atoms with van der Waals surface area (Å²) in [6, 6.07) is 3.16. The topological polar surface area (TPSA) is 80.5 Å². The van der Waals surface area contributed by atoms with Crippen molar-refractivity contribution in [2.45, 2.75) is 49.8 Å². The average Bonchev–Trinajstić information content (AvgIpc) is 2.93. The summed E-state index contributed by atoms with van der Waals surface area (Å²) >= 11 is 0. The summed E-state index contributed by atoms with van der Waals surface area (Å²) in [6.45, 7) is 4.74. The molecule has 1 aliphatic rings. The maximum atomic E-state index is 12.7. The van der Waals surface area contributed by atoms with Gasteiger partial charge in [0.2, 0.25) is 9.84 Å². The first-order chi connectivity index (χ1) is 11.1. The van der Waals surface area contributed by atoms with Gasteiger partial charge < -0.3 is 4.90 Å². The van der Waals surface area contributed by atoms with E-state index in [4.69, 9.17) is 0 Å². The van der Waals surface area contributed by atoms with Gasteiger partial charge in [0.15, 0.2) is 0 Å². The Kier molecular flexibility index (Phi) is 5.42. The molecule has 0 spiro atoms. The molecular formula is C15H20F2N2O4S. The van der Waals surface area contributed by atoms with Crippen LogP contribution in [0.5, 0.6) is 0 Å². The van der Waals surface area contributed by atoms with Crippen LogP contribution in [0, 0.1) is 16.0 Å². The van der Waals surface area contributed by atoms with Gasteiger partial charge in [0.1, 0.15) is 5.69 Å². The Hall–Kier alpha value is -1.77. The fraction of sp³-hybridized carbons (Fsp3) is 0.600. The normalized spacial score (nSPS) is 18.6. The maximum absolute atomic E-state index is 12.7. The zero-order valence-corrected chi connectivity index (χ0v) is 14.3. The van der Waals surface area contributed by atoms with Crippen LogP contribution >= 0.6 is 0 Å². The van der Waals surface area contributed by atoms with Gasteiger partial charge in [-0.1, -0.05) is 13.8 Å². The number of sulfone groups is 1. The quantitative estimate of drug-likeness (QED) is 0.570. The molecule has 1 atom stereocenters. The average molecular weight is 362 g/mol. The minimum Gasteiger partial charge on any atom is -0.363 e. The third-order valence-corrected chi connectivity index (χ3v) is 5.52. The molecule has 1 heterocycles. The molecule has 0 bridgehead atoms. The Labute approximate surface area is 139 Å². The van der Waals surface area contributed by atoms with Crippen molar-refractivity contribution in [2.24, 2.45) is 5.92 Å². The zero-order valence-electron chi connectivity index (χ0n) is 13.5. The van der Waals surface area contributed by atoms with E-state index < -0.39 is 31.1 Å². The van der Waals surface area contributed by atoms with E-state index in [1.54, 1.807) is 0 Å². The van der Waals surface area contributed by atoms with Crippen LogP contribution < -0.4 is 4.90 Å². The largest absolute Gasteiger partial charge is 0.363 e. The van der Waals surface area contributed by atoms with Crippen LogP contribution in [-0.4, -0.2) is 31.7 Å². The lowest BCUT2D eigenvalue weighted by Crippen LogP contribution is -2.31. The van der Waals surface area contributed by atoms with Gasteiger partial charge in [0.25, 0.3) is 5.69 Å². The van der Waals surface area contributed by atoms with Crippen molar-refractivity contribution in [1.29, 1.82) is 0 Å². The van der Waals surface area contributed by atoms with Gasteiger partial charge in [-0.05, 0) is 37.3 Å². The number of benzene rings is 1. The minimum atomic E-state index is -4.86. The highest BCUT2D eigenvalue weighted by molar-refractivity contribution is 7.91. The van der Waals surface area contributed by atoms with E-state index in [-0.39, 0.29) is 11.7 Å². The molecule has 0 amide bonds. The van der Waals surface area contributed by atoms with Crippen LogP contribution in [0.2, 0.25) is 0 Å². The van der Waals surface area contributed by atoms with E-state index in [9.17, 15) is 27.3 Å². The SMILES string of the molecule is CC(C)CC1CCCN1c1ccc(S(=O)(=O)C(F)F)cc1[N+](=O)[O-]. The maximum Gasteiger partial charge on any atom is 0.341 e. The Morgan fingerprint density at radius 2 is 2.04 bits per heavy atom. The van der Waals surface area contributed by atoms with E-state index in [1.165, 1.54) is 6.07 Å². The Balaban J connectivity index is 2.46. The summed E-state index contributed by atoms with van der Waals surface area (Å²) in [5, 5.41) is 11.4. The van der Waals surface area contributed by atoms with E-state index >= 15 is 0 Å². The molecule has 1 aromatic rings. The lowest BCUT2D eigenvalue weighted by atomic mass is 10.0. The summed E-state index contributed by atoms with van der Waals surface area (Å²) in [5.41, 5.74) is -0.163.